The number of hydrogen-bond acceptors (Lipinski definition) is 3. The van der Waals surface area contributed by atoms with E-state index < -0.39 is 10.1 Å². The van der Waals surface area contributed by atoms with E-state index in [1.165, 1.54) is 70.6 Å². The molecule has 31 heavy (non-hydrogen) atoms. The van der Waals surface area contributed by atoms with Crippen molar-refractivity contribution in [2.45, 2.75) is 116 Å². The zero-order valence-electron chi connectivity index (χ0n) is 20.8. The maximum absolute atomic E-state index is 12.0. The van der Waals surface area contributed by atoms with E-state index in [-0.39, 0.29) is 17.7 Å². The first-order valence-corrected chi connectivity index (χ1v) is 14.2. The van der Waals surface area contributed by atoms with Crippen LogP contribution in [0.25, 0.3) is 0 Å². The molecule has 0 rings (SSSR count). The third-order valence-electron chi connectivity index (χ3n) is 6.39. The summed E-state index contributed by atoms with van der Waals surface area (Å²) in [5.41, 5.74) is 0. The molecule has 0 radical (unpaired) electrons. The van der Waals surface area contributed by atoms with Crippen LogP contribution in [0.15, 0.2) is 0 Å². The van der Waals surface area contributed by atoms with Gasteiger partial charge in [-0.3, -0.25) is 9.35 Å². The van der Waals surface area contributed by atoms with E-state index in [2.05, 4.69) is 12.2 Å². The Hall–Kier alpha value is -0.660. The van der Waals surface area contributed by atoms with E-state index >= 15 is 0 Å². The number of nitrogens with one attached hydrogen (secondary N) is 1. The zero-order valence-corrected chi connectivity index (χ0v) is 21.6. The van der Waals surface area contributed by atoms with Gasteiger partial charge in [-0.2, -0.15) is 8.42 Å². The molecule has 1 amide bonds. The highest BCUT2D eigenvalue weighted by molar-refractivity contribution is 7.85. The molecule has 0 aliphatic rings. The summed E-state index contributed by atoms with van der Waals surface area (Å²) in [5.74, 6) is -0.134. The highest BCUT2D eigenvalue weighted by Crippen LogP contribution is 2.13. The van der Waals surface area contributed by atoms with Gasteiger partial charge in [0, 0.05) is 19.4 Å². The Morgan fingerprint density at radius 2 is 1.29 bits per heavy atom. The fourth-order valence-corrected chi connectivity index (χ4v) is 4.85. The maximum Gasteiger partial charge on any atom is 0.270 e. The molecule has 0 fully saturated rings. The molecule has 0 aromatic heterocycles. The fourth-order valence-electron chi connectivity index (χ4n) is 3.83. The number of rotatable bonds is 21. The minimum atomic E-state index is -3.96. The van der Waals surface area contributed by atoms with Crippen LogP contribution in [-0.4, -0.2) is 62.3 Å². The molecule has 0 spiro atoms. The Kier molecular flexibility index (Phi) is 17.5. The van der Waals surface area contributed by atoms with Crippen LogP contribution < -0.4 is 5.32 Å². The van der Waals surface area contributed by atoms with Crippen molar-refractivity contribution in [3.05, 3.63) is 0 Å². The lowest BCUT2D eigenvalue weighted by Crippen LogP contribution is -2.51. The van der Waals surface area contributed by atoms with Gasteiger partial charge < -0.3 is 9.80 Å². The Bertz CT molecular complexity index is 550. The van der Waals surface area contributed by atoms with Gasteiger partial charge in [0.25, 0.3) is 10.1 Å². The molecule has 0 saturated heterocycles. The van der Waals surface area contributed by atoms with Crippen LogP contribution in [0.1, 0.15) is 110 Å². The van der Waals surface area contributed by atoms with Crippen LogP contribution in [0, 0.1) is 0 Å². The van der Waals surface area contributed by atoms with Crippen LogP contribution in [0.4, 0.5) is 0 Å². The topological polar surface area (TPSA) is 83.5 Å². The molecule has 0 aromatic rings. The summed E-state index contributed by atoms with van der Waals surface area (Å²) in [5, 5.41) is 2.97. The molecule has 2 N–H and O–H groups in total. The molecule has 0 aromatic carbocycles. The average Bonchev–Trinajstić information content (AvgIpc) is 2.67. The lowest BCUT2D eigenvalue weighted by Gasteiger charge is -2.35. The second kappa shape index (κ2) is 17.8. The van der Waals surface area contributed by atoms with E-state index in [9.17, 15) is 13.2 Å². The molecular formula is C24H51N2O4S+. The van der Waals surface area contributed by atoms with Gasteiger partial charge >= 0.3 is 0 Å². The number of carbonyl (C=O) groups is 1. The first-order valence-electron chi connectivity index (χ1n) is 12.6. The number of carbonyl (C=O) groups excluding carboxylic acids is 1. The summed E-state index contributed by atoms with van der Waals surface area (Å²) in [4.78, 5) is 12.0. The Morgan fingerprint density at radius 3 is 1.74 bits per heavy atom. The molecule has 1 unspecified atom stereocenters. The van der Waals surface area contributed by atoms with Crippen molar-refractivity contribution in [3.63, 3.8) is 0 Å². The van der Waals surface area contributed by atoms with Crippen LogP contribution in [0.2, 0.25) is 0 Å². The number of quaternary nitrogens is 1. The van der Waals surface area contributed by atoms with E-state index in [4.69, 9.17) is 4.55 Å². The molecule has 0 saturated carbocycles. The second-order valence-electron chi connectivity index (χ2n) is 9.80. The third-order valence-corrected chi connectivity index (χ3v) is 7.29. The summed E-state index contributed by atoms with van der Waals surface area (Å²) < 4.78 is 31.6. The van der Waals surface area contributed by atoms with E-state index in [0.717, 1.165) is 25.8 Å². The quantitative estimate of drug-likeness (QED) is 0.137. The summed E-state index contributed by atoms with van der Waals surface area (Å²) >= 11 is 0. The van der Waals surface area contributed by atoms with Gasteiger partial charge in [0.15, 0.2) is 0 Å². The van der Waals surface area contributed by atoms with E-state index in [1.54, 1.807) is 0 Å². The highest BCUT2D eigenvalue weighted by Gasteiger charge is 2.27. The average molecular weight is 464 g/mol. The molecule has 6 nitrogen and oxygen atoms in total. The maximum atomic E-state index is 12.0. The normalized spacial score (nSPS) is 13.3. The van der Waals surface area contributed by atoms with E-state index in [1.807, 2.05) is 21.0 Å². The van der Waals surface area contributed by atoms with Crippen LogP contribution in [0.5, 0.6) is 0 Å². The Morgan fingerprint density at radius 1 is 0.839 bits per heavy atom. The van der Waals surface area contributed by atoms with Gasteiger partial charge in [-0.25, -0.2) is 0 Å². The Labute approximate surface area is 192 Å². The van der Waals surface area contributed by atoms with Gasteiger partial charge in [0.1, 0.15) is 11.8 Å². The first kappa shape index (κ1) is 30.3. The van der Waals surface area contributed by atoms with E-state index in [0.29, 0.717) is 17.4 Å². The summed E-state index contributed by atoms with van der Waals surface area (Å²) in [6.07, 6.45) is 18.3. The Balaban J connectivity index is 3.55. The van der Waals surface area contributed by atoms with Gasteiger partial charge in [-0.05, 0) is 13.3 Å². The van der Waals surface area contributed by atoms with Crippen molar-refractivity contribution in [3.8, 4) is 0 Å². The van der Waals surface area contributed by atoms with Crippen molar-refractivity contribution >= 4 is 16.0 Å². The smallest absolute Gasteiger partial charge is 0.270 e. The molecule has 0 aliphatic carbocycles. The zero-order chi connectivity index (χ0) is 23.6. The number of nitrogens with zero attached hydrogens (tertiary/aromatic N) is 1. The van der Waals surface area contributed by atoms with Crippen LogP contribution >= 0.6 is 0 Å². The molecule has 0 aliphatic heterocycles. The summed E-state index contributed by atoms with van der Waals surface area (Å²) in [6, 6.07) is -0.198. The lowest BCUT2D eigenvalue weighted by molar-refractivity contribution is -0.910. The van der Waals surface area contributed by atoms with Gasteiger partial charge in [-0.1, -0.05) is 84.0 Å². The molecule has 0 bridgehead atoms. The number of hydrogen-bond donors (Lipinski definition) is 2. The van der Waals surface area contributed by atoms with Crippen molar-refractivity contribution in [1.82, 2.24) is 5.32 Å². The van der Waals surface area contributed by atoms with Gasteiger partial charge in [-0.15, -0.1) is 0 Å². The predicted octanol–water partition coefficient (Wildman–Crippen LogP) is 5.33. The minimum Gasteiger partial charge on any atom is -0.356 e. The monoisotopic (exact) mass is 463 g/mol. The van der Waals surface area contributed by atoms with Crippen LogP contribution in [0.3, 0.4) is 0 Å². The molecule has 0 heterocycles. The number of amides is 1. The predicted molar refractivity (Wildman–Crippen MR) is 131 cm³/mol. The third kappa shape index (κ3) is 19.7. The largest absolute Gasteiger partial charge is 0.356 e. The van der Waals surface area contributed by atoms with Crippen molar-refractivity contribution in [2.75, 3.05) is 32.9 Å². The summed E-state index contributed by atoms with van der Waals surface area (Å²) in [7, 11) is -0.0641. The molecule has 7 heteroatoms. The molecular weight excluding hydrogens is 412 g/mol. The van der Waals surface area contributed by atoms with Crippen molar-refractivity contribution in [2.24, 2.45) is 0 Å². The molecule has 186 valence electrons. The van der Waals surface area contributed by atoms with Crippen LogP contribution in [-0.2, 0) is 14.9 Å². The standard InChI is InChI=1S/C24H50N2O4S/c1-5-6-7-8-9-10-11-12-13-14-15-16-17-19-24(27)25-20-18-21-26(3,4)23(2)22-31(28,29)30/h23H,5-22H2,1-4H3,(H-,25,27,28,29,30)/p+1. The van der Waals surface area contributed by atoms with Crippen molar-refractivity contribution in [1.29, 1.82) is 0 Å². The minimum absolute atomic E-state index is 0.111. The molecule has 1 atom stereocenters. The fraction of sp³-hybridized carbons (Fsp3) is 0.958. The van der Waals surface area contributed by atoms with Gasteiger partial charge in [0.05, 0.1) is 20.6 Å². The number of unbranched alkanes of at least 4 members (excludes halogenated alkanes) is 12. The lowest BCUT2D eigenvalue weighted by atomic mass is 10.0. The summed E-state index contributed by atoms with van der Waals surface area (Å²) in [6.45, 7) is 5.43. The highest BCUT2D eigenvalue weighted by atomic mass is 32.2. The first-order chi connectivity index (χ1) is 14.6. The van der Waals surface area contributed by atoms with Crippen molar-refractivity contribution < 1.29 is 22.2 Å². The second-order valence-corrected chi connectivity index (χ2v) is 11.3. The van der Waals surface area contributed by atoms with Gasteiger partial charge in [0.2, 0.25) is 5.91 Å². The SMILES string of the molecule is CCCCCCCCCCCCCCCC(=O)NCCC[N+](C)(C)C(C)CS(=O)(=O)O.